The SMILES string of the molecule is C=C(CNC)CN1CCc2ccc([N+](=O)[O-])cc2C1=O. The largest absolute Gasteiger partial charge is 0.334 e. The van der Waals surface area contributed by atoms with Crippen molar-refractivity contribution in [1.29, 1.82) is 0 Å². The second-order valence-corrected chi connectivity index (χ2v) is 4.86. The van der Waals surface area contributed by atoms with Crippen LogP contribution in [-0.2, 0) is 6.42 Å². The first-order chi connectivity index (χ1) is 9.52. The van der Waals surface area contributed by atoms with Crippen LogP contribution in [0.4, 0.5) is 5.69 Å². The summed E-state index contributed by atoms with van der Waals surface area (Å²) >= 11 is 0. The standard InChI is InChI=1S/C14H17N3O3/c1-10(8-15-2)9-16-6-5-11-3-4-12(17(19)20)7-13(11)14(16)18/h3-4,7,15H,1,5-6,8-9H2,2H3. The van der Waals surface area contributed by atoms with Gasteiger partial charge < -0.3 is 10.2 Å². The predicted molar refractivity (Wildman–Crippen MR) is 75.8 cm³/mol. The molecule has 0 atom stereocenters. The normalized spacial score (nSPS) is 14.1. The van der Waals surface area contributed by atoms with Gasteiger partial charge in [-0.05, 0) is 24.6 Å². The highest BCUT2D eigenvalue weighted by Gasteiger charge is 2.26. The average Bonchev–Trinajstić information content (AvgIpc) is 2.42. The highest BCUT2D eigenvalue weighted by Crippen LogP contribution is 2.24. The molecule has 1 aliphatic heterocycles. The van der Waals surface area contributed by atoms with Crippen LogP contribution in [0.25, 0.3) is 0 Å². The Morgan fingerprint density at radius 3 is 2.95 bits per heavy atom. The van der Waals surface area contributed by atoms with Gasteiger partial charge in [-0.25, -0.2) is 0 Å². The molecular formula is C14H17N3O3. The van der Waals surface area contributed by atoms with Gasteiger partial charge in [-0.1, -0.05) is 12.6 Å². The maximum Gasteiger partial charge on any atom is 0.270 e. The van der Waals surface area contributed by atoms with Crippen molar-refractivity contribution in [2.45, 2.75) is 6.42 Å². The van der Waals surface area contributed by atoms with Crippen LogP contribution in [0.5, 0.6) is 0 Å². The van der Waals surface area contributed by atoms with Gasteiger partial charge in [0.1, 0.15) is 0 Å². The molecule has 1 amide bonds. The molecule has 0 bridgehead atoms. The molecule has 20 heavy (non-hydrogen) atoms. The minimum atomic E-state index is -0.480. The zero-order valence-electron chi connectivity index (χ0n) is 11.4. The van der Waals surface area contributed by atoms with Gasteiger partial charge in [0.15, 0.2) is 0 Å². The summed E-state index contributed by atoms with van der Waals surface area (Å²) in [5.41, 5.74) is 2.17. The van der Waals surface area contributed by atoms with Gasteiger partial charge in [-0.3, -0.25) is 14.9 Å². The van der Waals surface area contributed by atoms with E-state index in [1.54, 1.807) is 11.0 Å². The number of nitro benzene ring substituents is 1. The van der Waals surface area contributed by atoms with Crippen molar-refractivity contribution in [3.05, 3.63) is 51.6 Å². The summed E-state index contributed by atoms with van der Waals surface area (Å²) in [6.07, 6.45) is 0.714. The second-order valence-electron chi connectivity index (χ2n) is 4.86. The fourth-order valence-corrected chi connectivity index (χ4v) is 2.35. The highest BCUT2D eigenvalue weighted by molar-refractivity contribution is 5.97. The molecule has 1 aliphatic rings. The first-order valence-electron chi connectivity index (χ1n) is 6.40. The van der Waals surface area contributed by atoms with Crippen LogP contribution in [0.15, 0.2) is 30.4 Å². The predicted octanol–water partition coefficient (Wildman–Crippen LogP) is 1.37. The average molecular weight is 275 g/mol. The number of nitrogens with one attached hydrogen (secondary N) is 1. The van der Waals surface area contributed by atoms with E-state index in [4.69, 9.17) is 0 Å². The highest BCUT2D eigenvalue weighted by atomic mass is 16.6. The van der Waals surface area contributed by atoms with Crippen molar-refractivity contribution in [3.8, 4) is 0 Å². The molecule has 1 aromatic carbocycles. The number of rotatable bonds is 5. The van der Waals surface area contributed by atoms with Crippen molar-refractivity contribution in [2.24, 2.45) is 0 Å². The van der Waals surface area contributed by atoms with Crippen LogP contribution in [0, 0.1) is 10.1 Å². The Labute approximate surface area is 117 Å². The number of fused-ring (bicyclic) bond motifs is 1. The summed E-state index contributed by atoms with van der Waals surface area (Å²) in [7, 11) is 1.82. The second kappa shape index (κ2) is 5.83. The first kappa shape index (κ1) is 14.2. The molecule has 0 saturated carbocycles. The number of hydrogen-bond acceptors (Lipinski definition) is 4. The van der Waals surface area contributed by atoms with Crippen LogP contribution in [0.1, 0.15) is 15.9 Å². The van der Waals surface area contributed by atoms with Gasteiger partial charge in [0.2, 0.25) is 0 Å². The molecule has 0 radical (unpaired) electrons. The lowest BCUT2D eigenvalue weighted by Gasteiger charge is -2.29. The lowest BCUT2D eigenvalue weighted by molar-refractivity contribution is -0.384. The van der Waals surface area contributed by atoms with Crippen LogP contribution in [-0.4, -0.2) is 42.4 Å². The zero-order valence-corrected chi connectivity index (χ0v) is 11.4. The van der Waals surface area contributed by atoms with Crippen molar-refractivity contribution < 1.29 is 9.72 Å². The number of nitrogens with zero attached hydrogens (tertiary/aromatic N) is 2. The molecule has 2 rings (SSSR count). The lowest BCUT2D eigenvalue weighted by atomic mass is 9.98. The van der Waals surface area contributed by atoms with Gasteiger partial charge >= 0.3 is 0 Å². The van der Waals surface area contributed by atoms with Crippen LogP contribution in [0.3, 0.4) is 0 Å². The van der Waals surface area contributed by atoms with E-state index in [-0.39, 0.29) is 11.6 Å². The van der Waals surface area contributed by atoms with Gasteiger partial charge in [-0.2, -0.15) is 0 Å². The number of benzene rings is 1. The van der Waals surface area contributed by atoms with Crippen molar-refractivity contribution in [3.63, 3.8) is 0 Å². The Hall–Kier alpha value is -2.21. The van der Waals surface area contributed by atoms with Gasteiger partial charge in [0.05, 0.1) is 4.92 Å². The number of amides is 1. The number of non-ortho nitro benzene ring substituents is 1. The number of hydrogen-bond donors (Lipinski definition) is 1. The summed E-state index contributed by atoms with van der Waals surface area (Å²) in [6.45, 7) is 5.65. The van der Waals surface area contributed by atoms with Crippen molar-refractivity contribution >= 4 is 11.6 Å². The van der Waals surface area contributed by atoms with E-state index < -0.39 is 4.92 Å². The molecule has 0 fully saturated rings. The number of carbonyl (C=O) groups excluding carboxylic acids is 1. The quantitative estimate of drug-likeness (QED) is 0.500. The summed E-state index contributed by atoms with van der Waals surface area (Å²) in [4.78, 5) is 24.4. The third-order valence-electron chi connectivity index (χ3n) is 3.31. The number of likely N-dealkylation sites (N-methyl/N-ethyl adjacent to an activating group) is 1. The van der Waals surface area contributed by atoms with E-state index in [9.17, 15) is 14.9 Å². The smallest absolute Gasteiger partial charge is 0.270 e. The molecule has 106 valence electrons. The van der Waals surface area contributed by atoms with E-state index in [0.29, 0.717) is 31.6 Å². The Bertz CT molecular complexity index is 569. The Kier molecular flexibility index (Phi) is 4.14. The zero-order chi connectivity index (χ0) is 14.7. The van der Waals surface area contributed by atoms with E-state index in [2.05, 4.69) is 11.9 Å². The van der Waals surface area contributed by atoms with E-state index in [0.717, 1.165) is 11.1 Å². The minimum Gasteiger partial charge on any atom is -0.334 e. The van der Waals surface area contributed by atoms with Crippen LogP contribution < -0.4 is 5.32 Å². The Morgan fingerprint density at radius 1 is 1.55 bits per heavy atom. The van der Waals surface area contributed by atoms with Gasteiger partial charge in [0, 0.05) is 37.3 Å². The number of nitro groups is 1. The van der Waals surface area contributed by atoms with Gasteiger partial charge in [-0.15, -0.1) is 0 Å². The summed E-state index contributed by atoms with van der Waals surface area (Å²) in [5.74, 6) is -0.160. The molecule has 6 nitrogen and oxygen atoms in total. The number of carbonyl (C=O) groups is 1. The maximum atomic E-state index is 12.4. The summed E-state index contributed by atoms with van der Waals surface area (Å²) < 4.78 is 0. The fraction of sp³-hybridized carbons (Fsp3) is 0.357. The third-order valence-corrected chi connectivity index (χ3v) is 3.31. The molecule has 0 aliphatic carbocycles. The Balaban J connectivity index is 2.21. The topological polar surface area (TPSA) is 75.5 Å². The molecule has 6 heteroatoms. The minimum absolute atomic E-state index is 0.0481. The fourth-order valence-electron chi connectivity index (χ4n) is 2.35. The maximum absolute atomic E-state index is 12.4. The van der Waals surface area contributed by atoms with Crippen molar-refractivity contribution in [1.82, 2.24) is 10.2 Å². The molecule has 0 aromatic heterocycles. The summed E-state index contributed by atoms with van der Waals surface area (Å²) in [6, 6.07) is 4.48. The van der Waals surface area contributed by atoms with Crippen LogP contribution in [0.2, 0.25) is 0 Å². The van der Waals surface area contributed by atoms with E-state index in [1.807, 2.05) is 7.05 Å². The molecule has 0 saturated heterocycles. The molecule has 0 spiro atoms. The molecule has 0 unspecified atom stereocenters. The molecule has 1 heterocycles. The lowest BCUT2D eigenvalue weighted by Crippen LogP contribution is -2.39. The van der Waals surface area contributed by atoms with E-state index >= 15 is 0 Å². The monoisotopic (exact) mass is 275 g/mol. The van der Waals surface area contributed by atoms with Gasteiger partial charge in [0.25, 0.3) is 11.6 Å². The van der Waals surface area contributed by atoms with Crippen LogP contribution >= 0.6 is 0 Å². The molecular weight excluding hydrogens is 258 g/mol. The van der Waals surface area contributed by atoms with E-state index in [1.165, 1.54) is 12.1 Å². The first-order valence-corrected chi connectivity index (χ1v) is 6.40. The summed E-state index contributed by atoms with van der Waals surface area (Å²) in [5, 5.41) is 13.8. The Morgan fingerprint density at radius 2 is 2.30 bits per heavy atom. The molecule has 1 N–H and O–H groups in total. The third kappa shape index (κ3) is 2.85. The van der Waals surface area contributed by atoms with Crippen molar-refractivity contribution in [2.75, 3.05) is 26.7 Å². The molecule has 1 aromatic rings.